The molecule has 0 atom stereocenters. The van der Waals surface area contributed by atoms with Gasteiger partial charge in [-0.3, -0.25) is 0 Å². The molecule has 3 aromatic heterocycles. The summed E-state index contributed by atoms with van der Waals surface area (Å²) < 4.78 is 12.0. The molecule has 3 heterocycles. The van der Waals surface area contributed by atoms with Crippen LogP contribution in [0.5, 0.6) is 0 Å². The average molecular weight is 1040 g/mol. The van der Waals surface area contributed by atoms with Crippen molar-refractivity contribution in [2.45, 2.75) is 0 Å². The van der Waals surface area contributed by atoms with E-state index in [1.165, 1.54) is 32.3 Å². The maximum Gasteiger partial charge on any atom is 0.143 e. The zero-order chi connectivity index (χ0) is 53.8. The lowest BCUT2D eigenvalue weighted by Crippen LogP contribution is -2.12. The number of nitrogens with zero attached hydrogens (tertiary/aromatic N) is 3. The first-order valence-electron chi connectivity index (χ1n) is 28.2. The molecular weight excluding hydrogens is 995 g/mol. The quantitative estimate of drug-likeness (QED) is 0.142. The highest BCUT2D eigenvalue weighted by atomic mass is 16.3. The average Bonchev–Trinajstić information content (AvgIpc) is 2.58. The third kappa shape index (κ3) is 7.05. The minimum absolute atomic E-state index is 0.874. The smallest absolute Gasteiger partial charge is 0.143 e. The van der Waals surface area contributed by atoms with Gasteiger partial charge in [0.2, 0.25) is 0 Å². The highest BCUT2D eigenvalue weighted by Gasteiger charge is 2.27. The SMILES string of the molecule is c1ccc(-c2ccc3c(N(c4ccc5c(c4)c4ccccc4n5-c4ccccc4)c4ccc5c(c4)c4ccccc4n5-c4ccccc4)c4cc(-c5ccccc5)ccc4c(-c4cccc5c4oc4ccc6ccccc6c45)c3c2)cc1. The van der Waals surface area contributed by atoms with E-state index in [9.17, 15) is 0 Å². The van der Waals surface area contributed by atoms with E-state index < -0.39 is 0 Å². The number of furan rings is 1. The van der Waals surface area contributed by atoms with Gasteiger partial charge in [0.25, 0.3) is 0 Å². The fourth-order valence-electron chi connectivity index (χ4n) is 13.4. The molecule has 0 saturated carbocycles. The van der Waals surface area contributed by atoms with Gasteiger partial charge in [-0.05, 0) is 135 Å². The molecule has 0 fully saturated rings. The van der Waals surface area contributed by atoms with Crippen LogP contribution in [0, 0.1) is 0 Å². The summed E-state index contributed by atoms with van der Waals surface area (Å²) in [6, 6.07) is 109. The summed E-state index contributed by atoms with van der Waals surface area (Å²) in [6.45, 7) is 0. The molecule has 0 radical (unpaired) electrons. The zero-order valence-corrected chi connectivity index (χ0v) is 44.5. The number of rotatable bonds is 8. The predicted octanol–water partition coefficient (Wildman–Crippen LogP) is 21.7. The normalized spacial score (nSPS) is 11.9. The Balaban J connectivity index is 1.03. The van der Waals surface area contributed by atoms with Gasteiger partial charge >= 0.3 is 0 Å². The summed E-state index contributed by atoms with van der Waals surface area (Å²) in [6.07, 6.45) is 0. The molecule has 0 aliphatic rings. The second-order valence-electron chi connectivity index (χ2n) is 21.5. The van der Waals surface area contributed by atoms with E-state index in [0.717, 1.165) is 127 Å². The third-order valence-corrected chi connectivity index (χ3v) is 17.0. The Morgan fingerprint density at radius 2 is 0.768 bits per heavy atom. The second-order valence-corrected chi connectivity index (χ2v) is 21.5. The topological polar surface area (TPSA) is 26.2 Å². The Labute approximate surface area is 472 Å². The molecule has 14 aromatic carbocycles. The van der Waals surface area contributed by atoms with Crippen molar-refractivity contribution in [3.63, 3.8) is 0 Å². The van der Waals surface area contributed by atoms with Crippen LogP contribution in [0.2, 0.25) is 0 Å². The monoisotopic (exact) mass is 1040 g/mol. The van der Waals surface area contributed by atoms with Crippen molar-refractivity contribution in [1.29, 1.82) is 0 Å². The molecule has 0 aliphatic carbocycles. The molecule has 0 saturated heterocycles. The van der Waals surface area contributed by atoms with Crippen LogP contribution in [-0.4, -0.2) is 9.13 Å². The maximum absolute atomic E-state index is 7.17. The van der Waals surface area contributed by atoms with Crippen LogP contribution in [0.25, 0.3) is 143 Å². The van der Waals surface area contributed by atoms with E-state index in [0.29, 0.717) is 0 Å². The number of benzene rings is 14. The van der Waals surface area contributed by atoms with Crippen LogP contribution in [0.15, 0.2) is 302 Å². The van der Waals surface area contributed by atoms with E-state index in [-0.39, 0.29) is 0 Å². The summed E-state index contributed by atoms with van der Waals surface area (Å²) in [7, 11) is 0. The summed E-state index contributed by atoms with van der Waals surface area (Å²) in [5.74, 6) is 0. The van der Waals surface area contributed by atoms with E-state index in [1.807, 2.05) is 0 Å². The molecule has 382 valence electrons. The van der Waals surface area contributed by atoms with Gasteiger partial charge in [0, 0.05) is 77.0 Å². The number of hydrogen-bond acceptors (Lipinski definition) is 2. The molecule has 17 rings (SSSR count). The van der Waals surface area contributed by atoms with Crippen molar-refractivity contribution in [3.8, 4) is 44.8 Å². The summed E-state index contributed by atoms with van der Waals surface area (Å²) in [5, 5.41) is 13.8. The number of anilines is 3. The van der Waals surface area contributed by atoms with Gasteiger partial charge in [-0.1, -0.05) is 206 Å². The fourth-order valence-corrected chi connectivity index (χ4v) is 13.4. The van der Waals surface area contributed by atoms with Crippen LogP contribution in [0.3, 0.4) is 0 Å². The molecule has 4 heteroatoms. The van der Waals surface area contributed by atoms with Crippen molar-refractivity contribution in [2.75, 3.05) is 4.90 Å². The Bertz CT molecular complexity index is 5230. The summed E-state index contributed by atoms with van der Waals surface area (Å²) in [5.41, 5.74) is 18.6. The lowest BCUT2D eigenvalue weighted by atomic mass is 9.86. The van der Waals surface area contributed by atoms with E-state index in [4.69, 9.17) is 4.42 Å². The highest BCUT2D eigenvalue weighted by Crippen LogP contribution is 2.53. The number of fused-ring (bicyclic) bond motifs is 13. The van der Waals surface area contributed by atoms with Crippen LogP contribution >= 0.6 is 0 Å². The molecule has 0 spiro atoms. The van der Waals surface area contributed by atoms with Gasteiger partial charge in [-0.25, -0.2) is 0 Å². The first-order chi connectivity index (χ1) is 40.7. The first kappa shape index (κ1) is 46.0. The van der Waals surface area contributed by atoms with Gasteiger partial charge < -0.3 is 18.5 Å². The van der Waals surface area contributed by atoms with E-state index in [2.05, 4.69) is 311 Å². The Morgan fingerprint density at radius 1 is 0.280 bits per heavy atom. The van der Waals surface area contributed by atoms with Crippen LogP contribution in [0.4, 0.5) is 17.1 Å². The lowest BCUT2D eigenvalue weighted by Gasteiger charge is -2.30. The summed E-state index contributed by atoms with van der Waals surface area (Å²) in [4.78, 5) is 2.56. The van der Waals surface area contributed by atoms with Gasteiger partial charge in [0.1, 0.15) is 11.2 Å². The Kier molecular flexibility index (Phi) is 10.3. The second kappa shape index (κ2) is 18.3. The van der Waals surface area contributed by atoms with Crippen LogP contribution < -0.4 is 4.90 Å². The minimum Gasteiger partial charge on any atom is -0.455 e. The van der Waals surface area contributed by atoms with Gasteiger partial charge in [-0.2, -0.15) is 0 Å². The van der Waals surface area contributed by atoms with Crippen molar-refractivity contribution >= 4 is 115 Å². The van der Waals surface area contributed by atoms with Crippen molar-refractivity contribution in [2.24, 2.45) is 0 Å². The molecular formula is C78H49N3O. The van der Waals surface area contributed by atoms with Crippen LogP contribution in [0.1, 0.15) is 0 Å². The van der Waals surface area contributed by atoms with Crippen molar-refractivity contribution in [1.82, 2.24) is 9.13 Å². The van der Waals surface area contributed by atoms with Crippen molar-refractivity contribution < 1.29 is 4.42 Å². The highest BCUT2D eigenvalue weighted by molar-refractivity contribution is 6.28. The largest absolute Gasteiger partial charge is 0.455 e. The first-order valence-corrected chi connectivity index (χ1v) is 28.2. The molecule has 17 aromatic rings. The molecule has 0 amide bonds. The third-order valence-electron chi connectivity index (χ3n) is 17.0. The maximum atomic E-state index is 7.17. The minimum atomic E-state index is 0.874. The van der Waals surface area contributed by atoms with Gasteiger partial charge in [-0.15, -0.1) is 0 Å². The van der Waals surface area contributed by atoms with Crippen molar-refractivity contribution in [3.05, 3.63) is 297 Å². The molecule has 0 bridgehead atoms. The Morgan fingerprint density at radius 3 is 1.37 bits per heavy atom. The Hall–Kier alpha value is -10.9. The standard InChI is InChI=1S/C78H49N3O/c1-5-20-50(21-6-1)53-37-42-63-68(46-53)75(64-32-19-33-65-76-59-29-14-13-24-52(59)38-45-74(76)82-78(64)65)62-41-36-54(51-22-7-2-8-23-51)47-69(62)77(63)79(57-39-43-72-66(48-57)60-30-15-17-34-70(60)80(72)55-25-9-3-10-26-55)58-40-44-73-67(49-58)61-31-16-18-35-71(61)81(73)56-27-11-4-12-28-56/h1-49H. The van der Waals surface area contributed by atoms with E-state index in [1.54, 1.807) is 0 Å². The predicted molar refractivity (Wildman–Crippen MR) is 346 cm³/mol. The molecule has 0 unspecified atom stereocenters. The number of para-hydroxylation sites is 5. The number of hydrogen-bond donors (Lipinski definition) is 0. The molecule has 0 N–H and O–H groups in total. The number of aromatic nitrogens is 2. The van der Waals surface area contributed by atoms with Gasteiger partial charge in [0.15, 0.2) is 0 Å². The van der Waals surface area contributed by atoms with E-state index >= 15 is 0 Å². The van der Waals surface area contributed by atoms with Gasteiger partial charge in [0.05, 0.1) is 27.8 Å². The zero-order valence-electron chi connectivity index (χ0n) is 44.5. The fraction of sp³-hybridized carbons (Fsp3) is 0. The summed E-state index contributed by atoms with van der Waals surface area (Å²) >= 11 is 0. The molecule has 82 heavy (non-hydrogen) atoms. The lowest BCUT2D eigenvalue weighted by molar-refractivity contribution is 0.670. The molecule has 0 aliphatic heterocycles. The molecule has 4 nitrogen and oxygen atoms in total. The van der Waals surface area contributed by atoms with Crippen LogP contribution in [-0.2, 0) is 0 Å².